The second-order valence-electron chi connectivity index (χ2n) is 6.32. The number of benzene rings is 2. The fourth-order valence-electron chi connectivity index (χ4n) is 2.42. The Kier molecular flexibility index (Phi) is 7.38. The zero-order chi connectivity index (χ0) is 20.5. The Bertz CT molecular complexity index is 851. The van der Waals surface area contributed by atoms with Crippen LogP contribution in [0.2, 0.25) is 0 Å². The Hall–Kier alpha value is -3.55. The monoisotopic (exact) mass is 383 g/mol. The number of amides is 5. The Labute approximate surface area is 164 Å². The molecule has 8 nitrogen and oxygen atoms in total. The van der Waals surface area contributed by atoms with Gasteiger partial charge in [0.1, 0.15) is 0 Å². The Morgan fingerprint density at radius 3 is 2.21 bits per heavy atom. The van der Waals surface area contributed by atoms with Crippen LogP contribution in [0.3, 0.4) is 0 Å². The number of urea groups is 2. The highest BCUT2D eigenvalue weighted by Crippen LogP contribution is 2.19. The van der Waals surface area contributed by atoms with Crippen molar-refractivity contribution in [2.24, 2.45) is 0 Å². The van der Waals surface area contributed by atoms with E-state index in [0.29, 0.717) is 29.2 Å². The molecule has 2 rings (SSSR count). The molecule has 0 aromatic heterocycles. The van der Waals surface area contributed by atoms with Crippen LogP contribution in [0.25, 0.3) is 0 Å². The molecule has 5 amide bonds. The maximum absolute atomic E-state index is 12.7. The molecule has 8 heteroatoms. The van der Waals surface area contributed by atoms with E-state index in [1.807, 2.05) is 20.8 Å². The fraction of sp³-hybridized carbons (Fsp3) is 0.250. The van der Waals surface area contributed by atoms with Crippen LogP contribution in [0.15, 0.2) is 48.5 Å². The lowest BCUT2D eigenvalue weighted by Gasteiger charge is -2.14. The first-order valence-electron chi connectivity index (χ1n) is 9.02. The Morgan fingerprint density at radius 1 is 0.857 bits per heavy atom. The molecular weight excluding hydrogens is 358 g/mol. The number of rotatable bonds is 6. The number of hydrogen-bond donors (Lipinski definition) is 5. The second kappa shape index (κ2) is 9.96. The molecule has 0 aliphatic heterocycles. The summed E-state index contributed by atoms with van der Waals surface area (Å²) in [6.45, 7) is 6.03. The first-order chi connectivity index (χ1) is 13.4. The average Bonchev–Trinajstić information content (AvgIpc) is 2.61. The smallest absolute Gasteiger partial charge is 0.319 e. The van der Waals surface area contributed by atoms with E-state index < -0.39 is 0 Å². The van der Waals surface area contributed by atoms with Gasteiger partial charge in [0.05, 0.1) is 11.3 Å². The molecule has 2 aromatic carbocycles. The summed E-state index contributed by atoms with van der Waals surface area (Å²) in [6, 6.07) is 12.8. The highest BCUT2D eigenvalue weighted by Gasteiger charge is 2.14. The van der Waals surface area contributed by atoms with E-state index in [4.69, 9.17) is 0 Å². The van der Waals surface area contributed by atoms with E-state index in [1.165, 1.54) is 0 Å². The molecule has 0 atom stereocenters. The number of carbonyl (C=O) groups is 3. The van der Waals surface area contributed by atoms with Gasteiger partial charge < -0.3 is 26.6 Å². The largest absolute Gasteiger partial charge is 0.338 e. The van der Waals surface area contributed by atoms with E-state index in [2.05, 4.69) is 26.6 Å². The molecule has 28 heavy (non-hydrogen) atoms. The molecule has 0 heterocycles. The van der Waals surface area contributed by atoms with Gasteiger partial charge in [0.15, 0.2) is 0 Å². The topological polar surface area (TPSA) is 111 Å². The molecular formula is C20H25N5O3. The summed E-state index contributed by atoms with van der Waals surface area (Å²) in [4.78, 5) is 36.3. The predicted octanol–water partition coefficient (Wildman–Crippen LogP) is 3.61. The van der Waals surface area contributed by atoms with E-state index in [-0.39, 0.29) is 24.0 Å². The minimum atomic E-state index is -0.386. The molecule has 148 valence electrons. The first kappa shape index (κ1) is 20.8. The van der Waals surface area contributed by atoms with Crippen molar-refractivity contribution in [1.29, 1.82) is 0 Å². The van der Waals surface area contributed by atoms with Crippen LogP contribution in [0.5, 0.6) is 0 Å². The van der Waals surface area contributed by atoms with E-state index in [0.717, 1.165) is 0 Å². The predicted molar refractivity (Wildman–Crippen MR) is 111 cm³/mol. The van der Waals surface area contributed by atoms with Crippen molar-refractivity contribution in [2.75, 3.05) is 22.5 Å². The number of nitrogens with one attached hydrogen (secondary N) is 5. The van der Waals surface area contributed by atoms with E-state index in [9.17, 15) is 14.4 Å². The third-order valence-electron chi connectivity index (χ3n) is 3.56. The third-order valence-corrected chi connectivity index (χ3v) is 3.56. The molecule has 0 aliphatic carbocycles. The minimum Gasteiger partial charge on any atom is -0.338 e. The van der Waals surface area contributed by atoms with Gasteiger partial charge in [0.2, 0.25) is 0 Å². The molecule has 2 aromatic rings. The van der Waals surface area contributed by atoms with Crippen LogP contribution in [-0.4, -0.2) is 30.6 Å². The van der Waals surface area contributed by atoms with Crippen LogP contribution in [0.4, 0.5) is 26.7 Å². The standard InChI is InChI=1S/C20H25N5O3/c1-4-21-19(27)24-15-9-7-8-14(12-15)23-18(26)16-10-5-6-11-17(16)25-20(28)22-13(2)3/h5-13H,4H2,1-3H3,(H,23,26)(H2,21,24,27)(H2,22,25,28). The molecule has 0 spiro atoms. The van der Waals surface area contributed by atoms with Gasteiger partial charge in [0.25, 0.3) is 5.91 Å². The van der Waals surface area contributed by atoms with Gasteiger partial charge in [-0.1, -0.05) is 18.2 Å². The van der Waals surface area contributed by atoms with Gasteiger partial charge in [-0.05, 0) is 51.1 Å². The fourth-order valence-corrected chi connectivity index (χ4v) is 2.42. The average molecular weight is 383 g/mol. The summed E-state index contributed by atoms with van der Waals surface area (Å²) in [5, 5.41) is 13.5. The van der Waals surface area contributed by atoms with Crippen molar-refractivity contribution < 1.29 is 14.4 Å². The lowest BCUT2D eigenvalue weighted by Crippen LogP contribution is -2.34. The van der Waals surface area contributed by atoms with E-state index >= 15 is 0 Å². The Morgan fingerprint density at radius 2 is 1.54 bits per heavy atom. The van der Waals surface area contributed by atoms with Gasteiger partial charge in [-0.3, -0.25) is 4.79 Å². The highest BCUT2D eigenvalue weighted by molar-refractivity contribution is 6.10. The number of anilines is 3. The maximum Gasteiger partial charge on any atom is 0.319 e. The zero-order valence-electron chi connectivity index (χ0n) is 16.1. The molecule has 0 saturated carbocycles. The first-order valence-corrected chi connectivity index (χ1v) is 9.02. The van der Waals surface area contributed by atoms with Crippen molar-refractivity contribution in [2.45, 2.75) is 26.8 Å². The van der Waals surface area contributed by atoms with Crippen molar-refractivity contribution in [3.8, 4) is 0 Å². The molecule has 0 radical (unpaired) electrons. The number of hydrogen-bond acceptors (Lipinski definition) is 3. The number of para-hydroxylation sites is 1. The lowest BCUT2D eigenvalue weighted by atomic mass is 10.1. The summed E-state index contributed by atoms with van der Waals surface area (Å²) in [5.74, 6) is -0.379. The van der Waals surface area contributed by atoms with Crippen LogP contribution >= 0.6 is 0 Å². The highest BCUT2D eigenvalue weighted by atomic mass is 16.2. The van der Waals surface area contributed by atoms with Crippen LogP contribution < -0.4 is 26.6 Å². The number of carbonyl (C=O) groups excluding carboxylic acids is 3. The van der Waals surface area contributed by atoms with Gasteiger partial charge in [-0.25, -0.2) is 9.59 Å². The summed E-state index contributed by atoms with van der Waals surface area (Å²) >= 11 is 0. The molecule has 0 unspecified atom stereocenters. The summed E-state index contributed by atoms with van der Waals surface area (Å²) in [7, 11) is 0. The summed E-state index contributed by atoms with van der Waals surface area (Å²) in [6.07, 6.45) is 0. The van der Waals surface area contributed by atoms with Crippen LogP contribution in [0.1, 0.15) is 31.1 Å². The second-order valence-corrected chi connectivity index (χ2v) is 6.32. The molecule has 5 N–H and O–H groups in total. The quantitative estimate of drug-likeness (QED) is 0.525. The Balaban J connectivity index is 2.11. The van der Waals surface area contributed by atoms with E-state index in [1.54, 1.807) is 48.5 Å². The van der Waals surface area contributed by atoms with Gasteiger partial charge in [-0.2, -0.15) is 0 Å². The lowest BCUT2D eigenvalue weighted by molar-refractivity contribution is 0.102. The van der Waals surface area contributed by atoms with Gasteiger partial charge in [-0.15, -0.1) is 0 Å². The van der Waals surface area contributed by atoms with Crippen molar-refractivity contribution in [3.63, 3.8) is 0 Å². The SMILES string of the molecule is CCNC(=O)Nc1cccc(NC(=O)c2ccccc2NC(=O)NC(C)C)c1. The maximum atomic E-state index is 12.7. The van der Waals surface area contributed by atoms with Crippen LogP contribution in [0, 0.1) is 0 Å². The summed E-state index contributed by atoms with van der Waals surface area (Å²) in [5.41, 5.74) is 1.78. The van der Waals surface area contributed by atoms with Crippen molar-refractivity contribution in [1.82, 2.24) is 10.6 Å². The van der Waals surface area contributed by atoms with Gasteiger partial charge in [0, 0.05) is 24.0 Å². The zero-order valence-corrected chi connectivity index (χ0v) is 16.1. The van der Waals surface area contributed by atoms with Gasteiger partial charge >= 0.3 is 12.1 Å². The molecule has 0 saturated heterocycles. The molecule has 0 aliphatic rings. The van der Waals surface area contributed by atoms with Crippen LogP contribution in [-0.2, 0) is 0 Å². The molecule has 0 bridgehead atoms. The third kappa shape index (κ3) is 6.31. The normalized spacial score (nSPS) is 10.1. The minimum absolute atomic E-state index is 0.0267. The van der Waals surface area contributed by atoms with Crippen molar-refractivity contribution >= 4 is 35.0 Å². The molecule has 0 fully saturated rings. The summed E-state index contributed by atoms with van der Waals surface area (Å²) < 4.78 is 0. The van der Waals surface area contributed by atoms with Crippen molar-refractivity contribution in [3.05, 3.63) is 54.1 Å².